The number of para-hydroxylation sites is 1. The molecule has 1 aromatic carbocycles. The Morgan fingerprint density at radius 3 is 2.92 bits per heavy atom. The molecular weight excluding hydrogens is 332 g/mol. The molecule has 0 saturated carbocycles. The predicted octanol–water partition coefficient (Wildman–Crippen LogP) is 1.43. The van der Waals surface area contributed by atoms with E-state index in [9.17, 15) is 0 Å². The summed E-state index contributed by atoms with van der Waals surface area (Å²) in [5, 5.41) is 4.24. The molecule has 0 fully saturated rings. The van der Waals surface area contributed by atoms with Gasteiger partial charge in [-0.25, -0.2) is 14.5 Å². The van der Waals surface area contributed by atoms with Crippen LogP contribution in [0.4, 0.5) is 5.82 Å². The lowest BCUT2D eigenvalue weighted by Gasteiger charge is -2.13. The minimum Gasteiger partial charge on any atom is -0.493 e. The Bertz CT molecular complexity index is 851. The number of methoxy groups -OCH3 is 1. The molecule has 0 saturated heterocycles. The minimum atomic E-state index is 0.0437. The van der Waals surface area contributed by atoms with Gasteiger partial charge in [0.25, 0.3) is 0 Å². The van der Waals surface area contributed by atoms with Crippen LogP contribution in [0.15, 0.2) is 36.8 Å². The number of nitrogen functional groups attached to an aromatic ring is 1. The molecule has 26 heavy (non-hydrogen) atoms. The van der Waals surface area contributed by atoms with Crippen molar-refractivity contribution in [1.29, 1.82) is 0 Å². The van der Waals surface area contributed by atoms with Crippen molar-refractivity contribution in [2.45, 2.75) is 25.3 Å². The molecule has 0 radical (unpaired) electrons. The van der Waals surface area contributed by atoms with Crippen molar-refractivity contribution in [2.24, 2.45) is 5.73 Å². The predicted molar refractivity (Wildman–Crippen MR) is 99.0 cm³/mol. The van der Waals surface area contributed by atoms with Crippen molar-refractivity contribution in [1.82, 2.24) is 19.6 Å². The van der Waals surface area contributed by atoms with Crippen LogP contribution in [0.25, 0.3) is 5.65 Å². The molecule has 2 aromatic heterocycles. The van der Waals surface area contributed by atoms with Crippen molar-refractivity contribution in [2.75, 3.05) is 26.1 Å². The first kappa shape index (κ1) is 18.1. The fraction of sp³-hybridized carbons (Fsp3) is 0.389. The monoisotopic (exact) mass is 356 g/mol. The molecule has 8 heteroatoms. The zero-order chi connectivity index (χ0) is 18.4. The van der Waals surface area contributed by atoms with Gasteiger partial charge >= 0.3 is 0 Å². The van der Waals surface area contributed by atoms with E-state index in [4.69, 9.17) is 20.9 Å². The average molecular weight is 356 g/mol. The van der Waals surface area contributed by atoms with Gasteiger partial charge < -0.3 is 20.9 Å². The second-order valence-electron chi connectivity index (χ2n) is 6.12. The number of nitrogens with zero attached hydrogens (tertiary/aromatic N) is 4. The van der Waals surface area contributed by atoms with Gasteiger partial charge in [0.1, 0.15) is 12.1 Å². The van der Waals surface area contributed by atoms with Crippen molar-refractivity contribution in [3.05, 3.63) is 48.0 Å². The van der Waals surface area contributed by atoms with Crippen LogP contribution in [0.1, 0.15) is 24.1 Å². The maximum Gasteiger partial charge on any atom is 0.196 e. The number of aromatic nitrogens is 4. The smallest absolute Gasteiger partial charge is 0.196 e. The number of fused-ring (bicyclic) bond motifs is 1. The van der Waals surface area contributed by atoms with E-state index >= 15 is 0 Å². The summed E-state index contributed by atoms with van der Waals surface area (Å²) in [5.74, 6) is 1.22. The quantitative estimate of drug-likeness (QED) is 0.557. The topological polar surface area (TPSA) is 114 Å². The van der Waals surface area contributed by atoms with Gasteiger partial charge in [0.15, 0.2) is 11.5 Å². The molecule has 0 bridgehead atoms. The molecule has 0 amide bonds. The standard InChI is InChI=1S/C18H24N6O2/c1-25-11-14(19)6-4-8-26-16-7-3-2-5-13(16)9-15-10-21-18-17(20)22-12-23-24(15)18/h2-3,5,7,10,12,14H,4,6,8-9,11,19H2,1H3,(H2,20,22,23)/t14-/m1/s1. The van der Waals surface area contributed by atoms with Crippen LogP contribution in [0.2, 0.25) is 0 Å². The summed E-state index contributed by atoms with van der Waals surface area (Å²) in [6.45, 7) is 1.17. The number of imidazole rings is 1. The van der Waals surface area contributed by atoms with Crippen LogP contribution in [0.5, 0.6) is 5.75 Å². The molecule has 138 valence electrons. The zero-order valence-corrected chi connectivity index (χ0v) is 14.8. The van der Waals surface area contributed by atoms with E-state index in [1.54, 1.807) is 17.8 Å². The normalized spacial score (nSPS) is 12.4. The molecule has 8 nitrogen and oxygen atoms in total. The van der Waals surface area contributed by atoms with Crippen LogP contribution in [0, 0.1) is 0 Å². The summed E-state index contributed by atoms with van der Waals surface area (Å²) in [5.41, 5.74) is 14.3. The van der Waals surface area contributed by atoms with Crippen molar-refractivity contribution in [3.8, 4) is 5.75 Å². The summed E-state index contributed by atoms with van der Waals surface area (Å²) < 4.78 is 12.7. The SMILES string of the molecule is COC[C@H](N)CCCOc1ccccc1Cc1cnc2c(N)ncnn12. The number of anilines is 1. The zero-order valence-electron chi connectivity index (χ0n) is 14.8. The lowest BCUT2D eigenvalue weighted by atomic mass is 10.1. The maximum absolute atomic E-state index is 5.97. The Kier molecular flexibility index (Phi) is 5.98. The molecule has 3 aromatic rings. The summed E-state index contributed by atoms with van der Waals surface area (Å²) in [6, 6.07) is 8.00. The fourth-order valence-corrected chi connectivity index (χ4v) is 2.81. The van der Waals surface area contributed by atoms with E-state index in [1.165, 1.54) is 6.33 Å². The molecule has 0 aliphatic carbocycles. The molecule has 0 unspecified atom stereocenters. The first-order valence-corrected chi connectivity index (χ1v) is 8.57. The highest BCUT2D eigenvalue weighted by atomic mass is 16.5. The number of ether oxygens (including phenoxy) is 2. The van der Waals surface area contributed by atoms with Gasteiger partial charge in [-0.2, -0.15) is 5.10 Å². The van der Waals surface area contributed by atoms with Gasteiger partial charge in [0, 0.05) is 25.1 Å². The van der Waals surface area contributed by atoms with E-state index in [1.807, 2.05) is 24.3 Å². The Morgan fingerprint density at radius 2 is 2.08 bits per heavy atom. The molecule has 2 heterocycles. The van der Waals surface area contributed by atoms with Crippen LogP contribution in [-0.4, -0.2) is 45.9 Å². The summed E-state index contributed by atoms with van der Waals surface area (Å²) >= 11 is 0. The molecule has 0 aliphatic rings. The van der Waals surface area contributed by atoms with E-state index in [0.717, 1.165) is 29.8 Å². The highest BCUT2D eigenvalue weighted by Gasteiger charge is 2.11. The third kappa shape index (κ3) is 4.27. The summed E-state index contributed by atoms with van der Waals surface area (Å²) in [7, 11) is 1.66. The average Bonchev–Trinajstić information content (AvgIpc) is 3.05. The number of hydrogen-bond acceptors (Lipinski definition) is 7. The third-order valence-corrected chi connectivity index (χ3v) is 4.10. The van der Waals surface area contributed by atoms with E-state index in [2.05, 4.69) is 15.1 Å². The van der Waals surface area contributed by atoms with Crippen LogP contribution >= 0.6 is 0 Å². The second-order valence-corrected chi connectivity index (χ2v) is 6.12. The van der Waals surface area contributed by atoms with E-state index < -0.39 is 0 Å². The minimum absolute atomic E-state index is 0.0437. The van der Waals surface area contributed by atoms with Crippen molar-refractivity contribution < 1.29 is 9.47 Å². The Hall–Kier alpha value is -2.71. The fourth-order valence-electron chi connectivity index (χ4n) is 2.81. The number of hydrogen-bond donors (Lipinski definition) is 2. The highest BCUT2D eigenvalue weighted by Crippen LogP contribution is 2.22. The van der Waals surface area contributed by atoms with Gasteiger partial charge in [-0.15, -0.1) is 0 Å². The van der Waals surface area contributed by atoms with Crippen LogP contribution in [0.3, 0.4) is 0 Å². The first-order chi connectivity index (χ1) is 12.7. The Labute approximate surface area is 152 Å². The molecule has 1 atom stereocenters. The van der Waals surface area contributed by atoms with E-state index in [-0.39, 0.29) is 6.04 Å². The number of rotatable bonds is 9. The first-order valence-electron chi connectivity index (χ1n) is 8.57. The molecule has 0 aliphatic heterocycles. The van der Waals surface area contributed by atoms with Crippen LogP contribution < -0.4 is 16.2 Å². The number of benzene rings is 1. The largest absolute Gasteiger partial charge is 0.493 e. The molecule has 4 N–H and O–H groups in total. The van der Waals surface area contributed by atoms with Gasteiger partial charge in [-0.3, -0.25) is 0 Å². The second kappa shape index (κ2) is 8.59. The van der Waals surface area contributed by atoms with Gasteiger partial charge in [0.05, 0.1) is 25.1 Å². The Morgan fingerprint density at radius 1 is 1.23 bits per heavy atom. The lowest BCUT2D eigenvalue weighted by Crippen LogP contribution is -2.25. The number of nitrogens with two attached hydrogens (primary N) is 2. The van der Waals surface area contributed by atoms with Gasteiger partial charge in [0.2, 0.25) is 0 Å². The van der Waals surface area contributed by atoms with E-state index in [0.29, 0.717) is 31.1 Å². The maximum atomic E-state index is 5.97. The lowest BCUT2D eigenvalue weighted by molar-refractivity contribution is 0.172. The van der Waals surface area contributed by atoms with Crippen molar-refractivity contribution in [3.63, 3.8) is 0 Å². The van der Waals surface area contributed by atoms with Crippen molar-refractivity contribution >= 4 is 11.5 Å². The Balaban J connectivity index is 1.66. The summed E-state index contributed by atoms with van der Waals surface area (Å²) in [6.07, 6.45) is 5.56. The highest BCUT2D eigenvalue weighted by molar-refractivity contribution is 5.59. The summed E-state index contributed by atoms with van der Waals surface area (Å²) in [4.78, 5) is 8.26. The molecule has 0 spiro atoms. The molecular formula is C18H24N6O2. The van der Waals surface area contributed by atoms with Gasteiger partial charge in [-0.1, -0.05) is 18.2 Å². The molecule has 3 rings (SSSR count). The van der Waals surface area contributed by atoms with Gasteiger partial charge in [-0.05, 0) is 18.9 Å². The van der Waals surface area contributed by atoms with Crippen LogP contribution in [-0.2, 0) is 11.2 Å². The third-order valence-electron chi connectivity index (χ3n) is 4.10.